The van der Waals surface area contributed by atoms with Crippen molar-refractivity contribution in [3.8, 4) is 0 Å². The van der Waals surface area contributed by atoms with E-state index in [1.807, 2.05) is 143 Å². The number of hydrogen-bond donors (Lipinski definition) is 0. The molecule has 0 atom stereocenters. The van der Waals surface area contributed by atoms with Crippen molar-refractivity contribution in [1.82, 2.24) is 44.9 Å². The molecule has 0 saturated heterocycles. The van der Waals surface area contributed by atoms with Crippen LogP contribution in [0.5, 0.6) is 0 Å². The number of aryl methyl sites for hydroxylation is 21. The fraction of sp³-hybridized carbons (Fsp3) is 0.366. The largest absolute Gasteiger partial charge is 0.264 e. The van der Waals surface area contributed by atoms with E-state index >= 15 is 0 Å². The Labute approximate surface area is 484 Å². The van der Waals surface area contributed by atoms with Crippen LogP contribution in [0, 0.1) is 180 Å². The second-order valence-electron chi connectivity index (χ2n) is 20.9. The van der Waals surface area contributed by atoms with Crippen LogP contribution in [0.25, 0.3) is 0 Å². The highest BCUT2D eigenvalue weighted by molar-refractivity contribution is 5.37. The summed E-state index contributed by atoms with van der Waals surface area (Å²) in [7, 11) is 0. The fourth-order valence-electron chi connectivity index (χ4n) is 7.18. The predicted molar refractivity (Wildman–Crippen MR) is 341 cm³/mol. The lowest BCUT2D eigenvalue weighted by Gasteiger charge is -2.09. The van der Waals surface area contributed by atoms with Crippen LogP contribution in [0.3, 0.4) is 0 Å². The van der Waals surface area contributed by atoms with E-state index in [1.165, 1.54) is 89.0 Å². The highest BCUT2D eigenvalue weighted by Gasteiger charge is 2.04. The molecule has 9 heteroatoms. The van der Waals surface area contributed by atoms with Crippen molar-refractivity contribution in [2.24, 2.45) is 0 Å². The third kappa shape index (κ3) is 27.8. The number of rotatable bonds is 0. The van der Waals surface area contributed by atoms with Crippen LogP contribution in [0.1, 0.15) is 146 Å². The maximum absolute atomic E-state index is 4.43. The summed E-state index contributed by atoms with van der Waals surface area (Å²) in [5.74, 6) is 0. The van der Waals surface area contributed by atoms with E-state index in [-0.39, 0.29) is 0 Å². The van der Waals surface area contributed by atoms with Crippen molar-refractivity contribution < 1.29 is 0 Å². The summed E-state index contributed by atoms with van der Waals surface area (Å²) in [6.45, 7) is 53.8. The monoisotopic (exact) mass is 1080 g/mol. The van der Waals surface area contributed by atoms with Gasteiger partial charge in [0.25, 0.3) is 0 Å². The van der Waals surface area contributed by atoms with Crippen LogP contribution in [-0.2, 0) is 0 Å². The van der Waals surface area contributed by atoms with Gasteiger partial charge in [0, 0.05) is 107 Å². The molecule has 0 aliphatic carbocycles. The van der Waals surface area contributed by atoms with Gasteiger partial charge in [0.05, 0.1) is 0 Å². The van der Waals surface area contributed by atoms with Crippen molar-refractivity contribution in [1.29, 1.82) is 0 Å². The normalized spacial score (nSPS) is 9.62. The molecule has 0 N–H and O–H groups in total. The van der Waals surface area contributed by atoms with E-state index in [0.717, 1.165) is 56.9 Å². The summed E-state index contributed by atoms with van der Waals surface area (Å²) in [6, 6.07) is 22.5. The third-order valence-corrected chi connectivity index (χ3v) is 13.7. The van der Waals surface area contributed by atoms with Gasteiger partial charge in [-0.15, -0.1) is 0 Å². The Kier molecular flexibility index (Phi) is 32.1. The number of pyridine rings is 9. The Hall–Kier alpha value is -7.65. The lowest BCUT2D eigenvalue weighted by Crippen LogP contribution is -1.98. The minimum Gasteiger partial charge on any atom is -0.264 e. The second-order valence-corrected chi connectivity index (χ2v) is 20.9. The number of nitrogens with zero attached hydrogens (tertiary/aromatic N) is 9. The van der Waals surface area contributed by atoms with E-state index in [1.54, 1.807) is 6.20 Å². The molecule has 0 aromatic carbocycles. The highest BCUT2D eigenvalue weighted by Crippen LogP contribution is 2.17. The Morgan fingerprint density at radius 2 is 0.675 bits per heavy atom. The van der Waals surface area contributed by atoms with Gasteiger partial charge in [-0.2, -0.15) is 0 Å². The van der Waals surface area contributed by atoms with Gasteiger partial charge in [-0.25, -0.2) is 0 Å². The smallest absolute Gasteiger partial charge is 0.0407 e. The summed E-state index contributed by atoms with van der Waals surface area (Å²) in [5, 5.41) is 0. The van der Waals surface area contributed by atoms with Crippen molar-refractivity contribution in [3.05, 3.63) is 262 Å². The standard InChI is InChI=1S/C10H15N.3C9H13N.4C7H9N.C6H7N/c1-6-7(2)9(4)11-10(5)8(6)3;2*1-6-5-7(2)10-9(4)8(6)3;1-6-5-7(2)9(4)10-8(6)3;1-6-3-7(2)5-8-4-6;1-6-3-4-8-5-7(6)2;1-6-3-4-7(2)8-5-6;1-6-4-3-5-8-7(6)2;1-6-3-2-4-7-5-6/h1-5H3;3*5H,1-4H3;4*3-5H,1-2H3;2-5H,1H3. The van der Waals surface area contributed by atoms with Crippen molar-refractivity contribution in [3.63, 3.8) is 0 Å². The van der Waals surface area contributed by atoms with Gasteiger partial charge in [0.1, 0.15) is 0 Å². The van der Waals surface area contributed by atoms with Crippen LogP contribution in [0.15, 0.2) is 116 Å². The predicted octanol–water partition coefficient (Wildman–Crippen LogP) is 17.8. The second kappa shape index (κ2) is 36.5. The van der Waals surface area contributed by atoms with Gasteiger partial charge in [-0.3, -0.25) is 44.9 Å². The topological polar surface area (TPSA) is 116 Å². The average Bonchev–Trinajstić information content (AvgIpc) is 3.40. The molecule has 0 saturated carbocycles. The zero-order valence-corrected chi connectivity index (χ0v) is 54.0. The summed E-state index contributed by atoms with van der Waals surface area (Å²) < 4.78 is 0. The molecule has 0 aliphatic rings. The van der Waals surface area contributed by atoms with E-state index in [9.17, 15) is 0 Å². The molecule has 80 heavy (non-hydrogen) atoms. The summed E-state index contributed by atoms with van der Waals surface area (Å²) in [6.07, 6.45) is 14.7. The Morgan fingerprint density at radius 3 is 0.988 bits per heavy atom. The van der Waals surface area contributed by atoms with Gasteiger partial charge in [0.2, 0.25) is 0 Å². The molecule has 9 rings (SSSR count). The van der Waals surface area contributed by atoms with Gasteiger partial charge >= 0.3 is 0 Å². The van der Waals surface area contributed by atoms with Gasteiger partial charge in [-0.1, -0.05) is 30.3 Å². The highest BCUT2D eigenvalue weighted by atomic mass is 14.7. The lowest BCUT2D eigenvalue weighted by molar-refractivity contribution is 1.03. The Balaban J connectivity index is 0.000000451. The summed E-state index contributed by atoms with van der Waals surface area (Å²) in [5.41, 5.74) is 31.9. The number of aromatic nitrogens is 9. The maximum Gasteiger partial charge on any atom is 0.0407 e. The van der Waals surface area contributed by atoms with E-state index < -0.39 is 0 Å². The van der Waals surface area contributed by atoms with Crippen LogP contribution >= 0.6 is 0 Å². The van der Waals surface area contributed by atoms with E-state index in [4.69, 9.17) is 0 Å². The Bertz CT molecular complexity index is 2970. The molecule has 9 nitrogen and oxygen atoms in total. The van der Waals surface area contributed by atoms with Crippen molar-refractivity contribution in [2.45, 2.75) is 180 Å². The molecule has 9 aromatic rings. The molecule has 0 fully saturated rings. The molecule has 9 aromatic heterocycles. The van der Waals surface area contributed by atoms with Crippen LogP contribution in [-0.4, -0.2) is 44.9 Å². The molecule has 0 aliphatic heterocycles. The summed E-state index contributed by atoms with van der Waals surface area (Å²) in [4.78, 5) is 37.4. The van der Waals surface area contributed by atoms with E-state index in [0.29, 0.717) is 0 Å². The molecular formula is C71H97N9. The zero-order valence-electron chi connectivity index (χ0n) is 54.0. The van der Waals surface area contributed by atoms with Gasteiger partial charge < -0.3 is 0 Å². The van der Waals surface area contributed by atoms with Crippen LogP contribution < -0.4 is 0 Å². The van der Waals surface area contributed by atoms with Crippen molar-refractivity contribution >= 4 is 0 Å². The first-order valence-corrected chi connectivity index (χ1v) is 27.5. The Morgan fingerprint density at radius 1 is 0.225 bits per heavy atom. The first kappa shape index (κ1) is 70.4. The molecule has 426 valence electrons. The SMILES string of the molecule is Cc1cc(C)c(C)c(C)n1.Cc1cc(C)c(C)c(C)n1.Cc1cc(C)c(C)nc1C.Cc1ccc(C)nc1.Cc1cccnc1.Cc1cccnc1C.Cc1ccncc1C.Cc1cncc(C)c1.Cc1nc(C)c(C)c(C)c1C. The minimum atomic E-state index is 1.08. The molecular weight excluding hydrogens is 979 g/mol. The quantitative estimate of drug-likeness (QED) is 0.146. The van der Waals surface area contributed by atoms with Crippen molar-refractivity contribution in [2.75, 3.05) is 0 Å². The first-order chi connectivity index (χ1) is 37.4. The first-order valence-electron chi connectivity index (χ1n) is 27.5. The molecule has 0 amide bonds. The molecule has 0 spiro atoms. The van der Waals surface area contributed by atoms with Crippen LogP contribution in [0.4, 0.5) is 0 Å². The summed E-state index contributed by atoms with van der Waals surface area (Å²) >= 11 is 0. The molecule has 9 heterocycles. The van der Waals surface area contributed by atoms with Gasteiger partial charge in [0.15, 0.2) is 0 Å². The van der Waals surface area contributed by atoms with E-state index in [2.05, 4.69) is 192 Å². The zero-order chi connectivity index (χ0) is 60.8. The maximum atomic E-state index is 4.43. The van der Waals surface area contributed by atoms with Crippen LogP contribution in [0.2, 0.25) is 0 Å². The minimum absolute atomic E-state index is 1.08. The number of hydrogen-bond acceptors (Lipinski definition) is 9. The lowest BCUT2D eigenvalue weighted by atomic mass is 10.0. The third-order valence-electron chi connectivity index (χ3n) is 13.7. The molecule has 0 unspecified atom stereocenters. The fourth-order valence-corrected chi connectivity index (χ4v) is 7.18. The average molecular weight is 1080 g/mol. The molecule has 0 radical (unpaired) electrons. The molecule has 0 bridgehead atoms. The van der Waals surface area contributed by atoms with Gasteiger partial charge in [-0.05, 0) is 305 Å².